The van der Waals surface area contributed by atoms with Crippen LogP contribution in [0.4, 0.5) is 0 Å². The molecule has 0 N–H and O–H groups in total. The van der Waals surface area contributed by atoms with E-state index in [0.29, 0.717) is 6.61 Å². The number of aromatic nitrogens is 2. The Labute approximate surface area is 168 Å². The average Bonchev–Trinajstić information content (AvgIpc) is 2.97. The number of ether oxygens (including phenoxy) is 1. The molecule has 0 fully saturated rings. The zero-order chi connectivity index (χ0) is 19.0. The molecule has 0 unspecified atom stereocenters. The molecule has 0 spiro atoms. The molecule has 0 saturated carbocycles. The molecule has 0 bridgehead atoms. The van der Waals surface area contributed by atoms with Crippen molar-refractivity contribution in [3.05, 3.63) is 64.3 Å². The first-order valence-electron chi connectivity index (χ1n) is 9.17. The second kappa shape index (κ2) is 7.38. The fraction of sp³-hybridized carbons (Fsp3) is 0.364. The van der Waals surface area contributed by atoms with Crippen LogP contribution in [-0.2, 0) is 24.2 Å². The summed E-state index contributed by atoms with van der Waals surface area (Å²) in [6, 6.07) is 10.4. The van der Waals surface area contributed by atoms with Gasteiger partial charge in [-0.15, -0.1) is 23.1 Å². The van der Waals surface area contributed by atoms with Gasteiger partial charge in [-0.2, -0.15) is 0 Å². The van der Waals surface area contributed by atoms with Crippen LogP contribution >= 0.6 is 23.1 Å². The molecule has 3 heterocycles. The number of rotatable bonds is 5. The summed E-state index contributed by atoms with van der Waals surface area (Å²) in [5.74, 6) is 1.76. The highest BCUT2D eigenvalue weighted by Crippen LogP contribution is 2.42. The molecule has 5 heteroatoms. The van der Waals surface area contributed by atoms with Crippen molar-refractivity contribution in [3.63, 3.8) is 0 Å². The van der Waals surface area contributed by atoms with E-state index in [-0.39, 0.29) is 5.60 Å². The van der Waals surface area contributed by atoms with Crippen molar-refractivity contribution in [1.29, 1.82) is 0 Å². The van der Waals surface area contributed by atoms with Crippen LogP contribution in [0, 0.1) is 0 Å². The van der Waals surface area contributed by atoms with Crippen LogP contribution in [0.1, 0.15) is 42.6 Å². The van der Waals surface area contributed by atoms with Crippen LogP contribution in [0.5, 0.6) is 0 Å². The SMILES string of the molecule is C=C(C)CSc1nc(Cc2ccccc2)nc2sc3c(c12)CC(C)(C)OC3. The minimum absolute atomic E-state index is 0.139. The number of hydrogen-bond donors (Lipinski definition) is 0. The molecule has 1 aliphatic heterocycles. The first kappa shape index (κ1) is 18.7. The van der Waals surface area contributed by atoms with Gasteiger partial charge < -0.3 is 4.74 Å². The fourth-order valence-electron chi connectivity index (χ4n) is 3.31. The smallest absolute Gasteiger partial charge is 0.135 e. The molecular formula is C22H24N2OS2. The third kappa shape index (κ3) is 4.10. The van der Waals surface area contributed by atoms with Crippen LogP contribution in [0.25, 0.3) is 10.2 Å². The molecule has 0 amide bonds. The number of thiophene rings is 1. The van der Waals surface area contributed by atoms with Gasteiger partial charge in [0.05, 0.1) is 12.2 Å². The van der Waals surface area contributed by atoms with Crippen LogP contribution in [0.15, 0.2) is 47.5 Å². The number of nitrogens with zero attached hydrogens (tertiary/aromatic N) is 2. The van der Waals surface area contributed by atoms with Crippen molar-refractivity contribution in [2.75, 3.05) is 5.75 Å². The predicted molar refractivity (Wildman–Crippen MR) is 115 cm³/mol. The minimum atomic E-state index is -0.139. The first-order chi connectivity index (χ1) is 12.9. The molecule has 140 valence electrons. The molecule has 0 atom stereocenters. The van der Waals surface area contributed by atoms with Crippen LogP contribution in [-0.4, -0.2) is 21.3 Å². The summed E-state index contributed by atoms with van der Waals surface area (Å²) in [5.41, 5.74) is 3.63. The van der Waals surface area contributed by atoms with Gasteiger partial charge in [-0.05, 0) is 31.9 Å². The molecule has 1 aliphatic rings. The summed E-state index contributed by atoms with van der Waals surface area (Å²) < 4.78 is 6.03. The molecule has 27 heavy (non-hydrogen) atoms. The summed E-state index contributed by atoms with van der Waals surface area (Å²) >= 11 is 3.54. The standard InChI is InChI=1S/C22H24N2OS2/c1-14(2)13-26-20-19-16-11-22(3,4)25-12-17(16)27-21(19)24-18(23-20)10-15-8-6-5-7-9-15/h5-9H,1,10-13H2,2-4H3. The lowest BCUT2D eigenvalue weighted by Crippen LogP contribution is -2.31. The highest BCUT2D eigenvalue weighted by molar-refractivity contribution is 7.99. The molecule has 0 aliphatic carbocycles. The monoisotopic (exact) mass is 396 g/mol. The second-order valence-electron chi connectivity index (χ2n) is 7.76. The van der Waals surface area contributed by atoms with E-state index in [4.69, 9.17) is 14.7 Å². The van der Waals surface area contributed by atoms with E-state index in [9.17, 15) is 0 Å². The van der Waals surface area contributed by atoms with Gasteiger partial charge in [-0.3, -0.25) is 0 Å². The van der Waals surface area contributed by atoms with Gasteiger partial charge in [-0.25, -0.2) is 9.97 Å². The Kier molecular flexibility index (Phi) is 5.10. The number of hydrogen-bond acceptors (Lipinski definition) is 5. The molecule has 0 saturated heterocycles. The second-order valence-corrected chi connectivity index (χ2v) is 9.81. The largest absolute Gasteiger partial charge is 0.370 e. The van der Waals surface area contributed by atoms with Crippen molar-refractivity contribution in [2.24, 2.45) is 0 Å². The Bertz CT molecular complexity index is 992. The van der Waals surface area contributed by atoms with Crippen molar-refractivity contribution in [2.45, 2.75) is 50.8 Å². The normalized spacial score (nSPS) is 15.7. The maximum absolute atomic E-state index is 6.03. The van der Waals surface area contributed by atoms with Gasteiger partial charge in [0, 0.05) is 28.9 Å². The maximum atomic E-state index is 6.03. The van der Waals surface area contributed by atoms with E-state index in [1.54, 1.807) is 23.1 Å². The molecular weight excluding hydrogens is 372 g/mol. The quantitative estimate of drug-likeness (QED) is 0.310. The van der Waals surface area contributed by atoms with Gasteiger partial charge in [0.15, 0.2) is 0 Å². The summed E-state index contributed by atoms with van der Waals surface area (Å²) in [5, 5.41) is 2.32. The molecule has 2 aromatic heterocycles. The molecule has 3 nitrogen and oxygen atoms in total. The number of benzene rings is 1. The van der Waals surface area contributed by atoms with Gasteiger partial charge >= 0.3 is 0 Å². The van der Waals surface area contributed by atoms with E-state index in [2.05, 4.69) is 51.6 Å². The van der Waals surface area contributed by atoms with E-state index in [0.717, 1.165) is 39.8 Å². The summed E-state index contributed by atoms with van der Waals surface area (Å²) in [6.45, 7) is 11.1. The predicted octanol–water partition coefficient (Wildman–Crippen LogP) is 5.80. The highest BCUT2D eigenvalue weighted by Gasteiger charge is 2.31. The van der Waals surface area contributed by atoms with Gasteiger partial charge in [0.1, 0.15) is 15.7 Å². The van der Waals surface area contributed by atoms with Gasteiger partial charge in [0.2, 0.25) is 0 Å². The highest BCUT2D eigenvalue weighted by atomic mass is 32.2. The lowest BCUT2D eigenvalue weighted by atomic mass is 9.94. The molecule has 3 aromatic rings. The Morgan fingerprint density at radius 3 is 2.78 bits per heavy atom. The number of thioether (sulfide) groups is 1. The van der Waals surface area contributed by atoms with Crippen molar-refractivity contribution >= 4 is 33.3 Å². The molecule has 1 aromatic carbocycles. The third-order valence-electron chi connectivity index (χ3n) is 4.60. The number of fused-ring (bicyclic) bond motifs is 3. The Balaban J connectivity index is 1.80. The maximum Gasteiger partial charge on any atom is 0.135 e. The van der Waals surface area contributed by atoms with E-state index < -0.39 is 0 Å². The Morgan fingerprint density at radius 2 is 2.04 bits per heavy atom. The van der Waals surface area contributed by atoms with Crippen molar-refractivity contribution in [1.82, 2.24) is 9.97 Å². The summed E-state index contributed by atoms with van der Waals surface area (Å²) in [6.07, 6.45) is 1.66. The Morgan fingerprint density at radius 1 is 1.26 bits per heavy atom. The molecule has 0 radical (unpaired) electrons. The van der Waals surface area contributed by atoms with Gasteiger partial charge in [0.25, 0.3) is 0 Å². The van der Waals surface area contributed by atoms with Gasteiger partial charge in [-0.1, -0.05) is 42.5 Å². The summed E-state index contributed by atoms with van der Waals surface area (Å²) in [7, 11) is 0. The fourth-order valence-corrected chi connectivity index (χ4v) is 5.41. The average molecular weight is 397 g/mol. The van der Waals surface area contributed by atoms with Crippen LogP contribution < -0.4 is 0 Å². The lowest BCUT2D eigenvalue weighted by Gasteiger charge is -2.30. The topological polar surface area (TPSA) is 35.0 Å². The minimum Gasteiger partial charge on any atom is -0.370 e. The summed E-state index contributed by atoms with van der Waals surface area (Å²) in [4.78, 5) is 12.3. The van der Waals surface area contributed by atoms with E-state index in [1.807, 2.05) is 6.07 Å². The lowest BCUT2D eigenvalue weighted by molar-refractivity contribution is -0.0379. The van der Waals surface area contributed by atoms with Crippen LogP contribution in [0.3, 0.4) is 0 Å². The molecule has 4 rings (SSSR count). The zero-order valence-electron chi connectivity index (χ0n) is 16.0. The van der Waals surface area contributed by atoms with Crippen molar-refractivity contribution in [3.8, 4) is 0 Å². The van der Waals surface area contributed by atoms with E-state index in [1.165, 1.54) is 21.4 Å². The third-order valence-corrected chi connectivity index (χ3v) is 6.91. The zero-order valence-corrected chi connectivity index (χ0v) is 17.7. The van der Waals surface area contributed by atoms with Crippen LogP contribution in [0.2, 0.25) is 0 Å². The van der Waals surface area contributed by atoms with Crippen molar-refractivity contribution < 1.29 is 4.74 Å². The van der Waals surface area contributed by atoms with E-state index >= 15 is 0 Å². The first-order valence-corrected chi connectivity index (χ1v) is 11.0. The Hall–Kier alpha value is -1.69.